The summed E-state index contributed by atoms with van der Waals surface area (Å²) >= 11 is 0. The molecular formula is C17H25NO3. The van der Waals surface area contributed by atoms with E-state index in [0.717, 1.165) is 31.7 Å². The number of benzene rings is 1. The SMILES string of the molecule is COC(=O)C(CC(C)C)Nc1ccccc1C1CCOC1. The van der Waals surface area contributed by atoms with Gasteiger partial charge in [0.1, 0.15) is 6.04 Å². The van der Waals surface area contributed by atoms with Crippen LogP contribution in [0.1, 0.15) is 38.2 Å². The van der Waals surface area contributed by atoms with Gasteiger partial charge in [0.25, 0.3) is 0 Å². The Kier molecular flexibility index (Phi) is 5.62. The Labute approximate surface area is 126 Å². The number of ether oxygens (including phenoxy) is 2. The van der Waals surface area contributed by atoms with E-state index < -0.39 is 0 Å². The second-order valence-corrected chi connectivity index (χ2v) is 6.00. The topological polar surface area (TPSA) is 47.6 Å². The monoisotopic (exact) mass is 291 g/mol. The predicted molar refractivity (Wildman–Crippen MR) is 83.5 cm³/mol. The number of nitrogens with one attached hydrogen (secondary N) is 1. The largest absolute Gasteiger partial charge is 0.467 e. The lowest BCUT2D eigenvalue weighted by Crippen LogP contribution is -2.32. The summed E-state index contributed by atoms with van der Waals surface area (Å²) in [5, 5.41) is 3.38. The Morgan fingerprint density at radius 1 is 1.43 bits per heavy atom. The molecule has 1 aliphatic heterocycles. The summed E-state index contributed by atoms with van der Waals surface area (Å²) in [7, 11) is 1.44. The summed E-state index contributed by atoms with van der Waals surface area (Å²) < 4.78 is 10.4. The highest BCUT2D eigenvalue weighted by Gasteiger charge is 2.24. The van der Waals surface area contributed by atoms with Crippen LogP contribution in [0.3, 0.4) is 0 Å². The Bertz CT molecular complexity index is 467. The van der Waals surface area contributed by atoms with E-state index in [9.17, 15) is 4.79 Å². The van der Waals surface area contributed by atoms with Crippen LogP contribution in [0.25, 0.3) is 0 Å². The molecule has 1 aromatic carbocycles. The van der Waals surface area contributed by atoms with Crippen molar-refractivity contribution in [2.45, 2.75) is 38.6 Å². The van der Waals surface area contributed by atoms with Crippen LogP contribution in [0, 0.1) is 5.92 Å². The number of carbonyl (C=O) groups excluding carboxylic acids is 1. The molecule has 1 fully saturated rings. The van der Waals surface area contributed by atoms with Gasteiger partial charge in [-0.25, -0.2) is 4.79 Å². The van der Waals surface area contributed by atoms with Crippen LogP contribution >= 0.6 is 0 Å². The summed E-state index contributed by atoms with van der Waals surface area (Å²) in [6.45, 7) is 5.78. The number of anilines is 1. The third kappa shape index (κ3) is 4.21. The number of hydrogen-bond donors (Lipinski definition) is 1. The minimum atomic E-state index is -0.307. The summed E-state index contributed by atoms with van der Waals surface area (Å²) in [6.07, 6.45) is 1.79. The van der Waals surface area contributed by atoms with Crippen molar-refractivity contribution in [3.8, 4) is 0 Å². The van der Waals surface area contributed by atoms with E-state index >= 15 is 0 Å². The van der Waals surface area contributed by atoms with Crippen LogP contribution in [-0.4, -0.2) is 32.3 Å². The average Bonchev–Trinajstić information content (AvgIpc) is 3.00. The molecule has 4 heteroatoms. The summed E-state index contributed by atoms with van der Waals surface area (Å²) in [4.78, 5) is 12.0. The van der Waals surface area contributed by atoms with Crippen LogP contribution in [0.2, 0.25) is 0 Å². The molecule has 0 radical (unpaired) electrons. The fourth-order valence-corrected chi connectivity index (χ4v) is 2.78. The first-order chi connectivity index (χ1) is 10.1. The first-order valence-corrected chi connectivity index (χ1v) is 7.62. The van der Waals surface area contributed by atoms with E-state index in [-0.39, 0.29) is 12.0 Å². The Balaban J connectivity index is 2.17. The van der Waals surface area contributed by atoms with Gasteiger partial charge in [0.05, 0.1) is 13.7 Å². The highest BCUT2D eigenvalue weighted by Crippen LogP contribution is 2.31. The van der Waals surface area contributed by atoms with Crippen molar-refractivity contribution < 1.29 is 14.3 Å². The van der Waals surface area contributed by atoms with E-state index in [1.54, 1.807) is 0 Å². The molecule has 116 valence electrons. The smallest absolute Gasteiger partial charge is 0.328 e. The van der Waals surface area contributed by atoms with Crippen molar-refractivity contribution in [1.82, 2.24) is 0 Å². The molecule has 0 saturated carbocycles. The Morgan fingerprint density at radius 3 is 2.81 bits per heavy atom. The van der Waals surface area contributed by atoms with E-state index in [2.05, 4.69) is 25.2 Å². The second-order valence-electron chi connectivity index (χ2n) is 6.00. The van der Waals surface area contributed by atoms with Crippen LogP contribution < -0.4 is 5.32 Å². The lowest BCUT2D eigenvalue weighted by atomic mass is 9.95. The fourth-order valence-electron chi connectivity index (χ4n) is 2.78. The first kappa shape index (κ1) is 15.8. The zero-order valence-corrected chi connectivity index (χ0v) is 13.1. The van der Waals surface area contributed by atoms with E-state index in [0.29, 0.717) is 11.8 Å². The van der Waals surface area contributed by atoms with Gasteiger partial charge in [0.15, 0.2) is 0 Å². The molecule has 0 spiro atoms. The Hall–Kier alpha value is -1.55. The van der Waals surface area contributed by atoms with Gasteiger partial charge in [-0.2, -0.15) is 0 Å². The maximum Gasteiger partial charge on any atom is 0.328 e. The van der Waals surface area contributed by atoms with E-state index in [1.807, 2.05) is 18.2 Å². The van der Waals surface area contributed by atoms with Gasteiger partial charge < -0.3 is 14.8 Å². The summed E-state index contributed by atoms with van der Waals surface area (Å²) in [6, 6.07) is 7.87. The number of para-hydroxylation sites is 1. The summed E-state index contributed by atoms with van der Waals surface area (Å²) in [5.41, 5.74) is 2.25. The third-order valence-electron chi connectivity index (χ3n) is 3.85. The van der Waals surface area contributed by atoms with Crippen molar-refractivity contribution >= 4 is 11.7 Å². The number of rotatable bonds is 6. The number of hydrogen-bond acceptors (Lipinski definition) is 4. The normalized spacial score (nSPS) is 19.5. The molecule has 21 heavy (non-hydrogen) atoms. The zero-order valence-electron chi connectivity index (χ0n) is 13.1. The van der Waals surface area contributed by atoms with Crippen LogP contribution in [-0.2, 0) is 14.3 Å². The molecule has 2 atom stereocenters. The molecule has 1 heterocycles. The molecule has 0 amide bonds. The van der Waals surface area contributed by atoms with Gasteiger partial charge in [-0.15, -0.1) is 0 Å². The van der Waals surface area contributed by atoms with Crippen LogP contribution in [0.15, 0.2) is 24.3 Å². The van der Waals surface area contributed by atoms with Gasteiger partial charge >= 0.3 is 5.97 Å². The number of carbonyl (C=O) groups is 1. The zero-order chi connectivity index (χ0) is 15.2. The van der Waals surface area contributed by atoms with Crippen LogP contribution in [0.4, 0.5) is 5.69 Å². The minimum absolute atomic E-state index is 0.207. The number of esters is 1. The standard InChI is InChI=1S/C17H25NO3/c1-12(2)10-16(17(19)20-3)18-15-7-5-4-6-14(15)13-8-9-21-11-13/h4-7,12-13,16,18H,8-11H2,1-3H3. The molecular weight excluding hydrogens is 266 g/mol. The molecule has 2 unspecified atom stereocenters. The van der Waals surface area contributed by atoms with Crippen molar-refractivity contribution in [3.05, 3.63) is 29.8 Å². The van der Waals surface area contributed by atoms with Gasteiger partial charge in [-0.05, 0) is 30.4 Å². The van der Waals surface area contributed by atoms with Gasteiger partial charge in [0, 0.05) is 18.2 Å². The predicted octanol–water partition coefficient (Wildman–Crippen LogP) is 3.19. The maximum atomic E-state index is 12.0. The lowest BCUT2D eigenvalue weighted by Gasteiger charge is -2.22. The van der Waals surface area contributed by atoms with Gasteiger partial charge in [0.2, 0.25) is 0 Å². The quantitative estimate of drug-likeness (QED) is 0.818. The highest BCUT2D eigenvalue weighted by atomic mass is 16.5. The van der Waals surface area contributed by atoms with Crippen molar-refractivity contribution in [2.24, 2.45) is 5.92 Å². The van der Waals surface area contributed by atoms with Crippen molar-refractivity contribution in [3.63, 3.8) is 0 Å². The molecule has 0 aromatic heterocycles. The minimum Gasteiger partial charge on any atom is -0.467 e. The van der Waals surface area contributed by atoms with Gasteiger partial charge in [-0.3, -0.25) is 0 Å². The Morgan fingerprint density at radius 2 is 2.19 bits per heavy atom. The molecule has 1 aliphatic rings. The highest BCUT2D eigenvalue weighted by molar-refractivity contribution is 5.79. The maximum absolute atomic E-state index is 12.0. The van der Waals surface area contributed by atoms with E-state index in [4.69, 9.17) is 9.47 Å². The molecule has 0 aliphatic carbocycles. The molecule has 0 bridgehead atoms. The lowest BCUT2D eigenvalue weighted by molar-refractivity contribution is -0.141. The van der Waals surface area contributed by atoms with Crippen molar-refractivity contribution in [1.29, 1.82) is 0 Å². The van der Waals surface area contributed by atoms with E-state index in [1.165, 1.54) is 12.7 Å². The first-order valence-electron chi connectivity index (χ1n) is 7.62. The van der Waals surface area contributed by atoms with Crippen LogP contribution in [0.5, 0.6) is 0 Å². The number of methoxy groups -OCH3 is 1. The average molecular weight is 291 g/mol. The molecule has 1 N–H and O–H groups in total. The van der Waals surface area contributed by atoms with Crippen molar-refractivity contribution in [2.75, 3.05) is 25.6 Å². The molecule has 4 nitrogen and oxygen atoms in total. The second kappa shape index (κ2) is 7.46. The third-order valence-corrected chi connectivity index (χ3v) is 3.85. The van der Waals surface area contributed by atoms with Gasteiger partial charge in [-0.1, -0.05) is 32.0 Å². The fraction of sp³-hybridized carbons (Fsp3) is 0.588. The molecule has 2 rings (SSSR count). The molecule has 1 saturated heterocycles. The molecule has 1 aromatic rings. The summed E-state index contributed by atoms with van der Waals surface area (Å²) in [5.74, 6) is 0.621.